The summed E-state index contributed by atoms with van der Waals surface area (Å²) in [7, 11) is 0. The van der Waals surface area contributed by atoms with Gasteiger partial charge in [0.2, 0.25) is 17.8 Å². The number of hydrogen-bond donors (Lipinski definition) is 2. The van der Waals surface area contributed by atoms with Gasteiger partial charge in [-0.15, -0.1) is 0 Å². The van der Waals surface area contributed by atoms with Crippen LogP contribution < -0.4 is 16.0 Å². The second-order valence-electron chi connectivity index (χ2n) is 5.40. The smallest absolute Gasteiger partial charge is 0.232 e. The van der Waals surface area contributed by atoms with E-state index in [0.29, 0.717) is 25.1 Å². The standard InChI is InChI=1S/C13H22N6O2/c1-9(10-3-2-6-21-10)15-12-16-11(14)17-13(18-12)19-4-7-20-8-5-19/h9-10H,2-8H2,1H3,(H3,14,15,16,17,18). The molecule has 3 heterocycles. The SMILES string of the molecule is CC(Nc1nc(N)nc(N2CCOCC2)n1)C1CCCO1. The molecule has 2 fully saturated rings. The first-order chi connectivity index (χ1) is 10.2. The van der Waals surface area contributed by atoms with Gasteiger partial charge in [-0.2, -0.15) is 15.0 Å². The highest BCUT2D eigenvalue weighted by atomic mass is 16.5. The predicted octanol–water partition coefficient (Wildman–Crippen LogP) is 0.270. The first kappa shape index (κ1) is 14.3. The molecule has 21 heavy (non-hydrogen) atoms. The number of nitrogen functional groups attached to an aromatic ring is 1. The van der Waals surface area contributed by atoms with Crippen LogP contribution in [0.5, 0.6) is 0 Å². The van der Waals surface area contributed by atoms with Gasteiger partial charge in [-0.1, -0.05) is 0 Å². The molecule has 0 bridgehead atoms. The summed E-state index contributed by atoms with van der Waals surface area (Å²) in [5.41, 5.74) is 5.80. The summed E-state index contributed by atoms with van der Waals surface area (Å²) in [5.74, 6) is 1.34. The lowest BCUT2D eigenvalue weighted by Gasteiger charge is -2.27. The Balaban J connectivity index is 1.70. The third-order valence-electron chi connectivity index (χ3n) is 3.81. The number of hydrogen-bond acceptors (Lipinski definition) is 8. The number of nitrogens with zero attached hydrogens (tertiary/aromatic N) is 4. The van der Waals surface area contributed by atoms with Gasteiger partial charge < -0.3 is 25.4 Å². The second kappa shape index (κ2) is 6.40. The average Bonchev–Trinajstić information content (AvgIpc) is 3.02. The monoisotopic (exact) mass is 294 g/mol. The summed E-state index contributed by atoms with van der Waals surface area (Å²) in [6, 6.07) is 0.145. The Hall–Kier alpha value is -1.67. The number of nitrogens with one attached hydrogen (secondary N) is 1. The molecular formula is C13H22N6O2. The predicted molar refractivity (Wildman–Crippen MR) is 79.3 cm³/mol. The van der Waals surface area contributed by atoms with Crippen molar-refractivity contribution in [2.24, 2.45) is 0 Å². The Labute approximate surface area is 124 Å². The van der Waals surface area contributed by atoms with E-state index in [2.05, 4.69) is 32.1 Å². The lowest BCUT2D eigenvalue weighted by Crippen LogP contribution is -2.38. The molecule has 1 aromatic heterocycles. The van der Waals surface area contributed by atoms with Gasteiger partial charge in [0.25, 0.3) is 0 Å². The van der Waals surface area contributed by atoms with Gasteiger partial charge in [-0.25, -0.2) is 0 Å². The van der Waals surface area contributed by atoms with Crippen molar-refractivity contribution in [2.45, 2.75) is 31.9 Å². The quantitative estimate of drug-likeness (QED) is 0.816. The third kappa shape index (κ3) is 3.51. The Bertz CT molecular complexity index is 474. The average molecular weight is 294 g/mol. The topological polar surface area (TPSA) is 98.4 Å². The van der Waals surface area contributed by atoms with Crippen molar-refractivity contribution in [3.05, 3.63) is 0 Å². The van der Waals surface area contributed by atoms with Crippen LogP contribution in [0.25, 0.3) is 0 Å². The molecule has 2 saturated heterocycles. The minimum absolute atomic E-state index is 0.145. The number of morpholine rings is 1. The molecular weight excluding hydrogens is 272 g/mol. The van der Waals surface area contributed by atoms with Crippen LogP contribution in [0.2, 0.25) is 0 Å². The number of rotatable bonds is 4. The summed E-state index contributed by atoms with van der Waals surface area (Å²) in [4.78, 5) is 14.9. The van der Waals surface area contributed by atoms with E-state index in [1.165, 1.54) is 0 Å². The fraction of sp³-hybridized carbons (Fsp3) is 0.769. The van der Waals surface area contributed by atoms with E-state index in [-0.39, 0.29) is 18.1 Å². The molecule has 0 spiro atoms. The fourth-order valence-corrected chi connectivity index (χ4v) is 2.64. The Morgan fingerprint density at radius 1 is 1.24 bits per heavy atom. The van der Waals surface area contributed by atoms with Crippen molar-refractivity contribution in [2.75, 3.05) is 48.9 Å². The van der Waals surface area contributed by atoms with Crippen molar-refractivity contribution >= 4 is 17.8 Å². The maximum Gasteiger partial charge on any atom is 0.232 e. The molecule has 116 valence electrons. The van der Waals surface area contributed by atoms with Crippen LogP contribution in [-0.4, -0.2) is 60.0 Å². The minimum Gasteiger partial charge on any atom is -0.378 e. The van der Waals surface area contributed by atoms with Crippen molar-refractivity contribution in [1.29, 1.82) is 0 Å². The van der Waals surface area contributed by atoms with Gasteiger partial charge in [-0.05, 0) is 19.8 Å². The molecule has 8 heteroatoms. The van der Waals surface area contributed by atoms with Crippen LogP contribution >= 0.6 is 0 Å². The maximum absolute atomic E-state index is 5.80. The van der Waals surface area contributed by atoms with Crippen LogP contribution in [0, 0.1) is 0 Å². The van der Waals surface area contributed by atoms with Crippen LogP contribution in [0.3, 0.4) is 0 Å². The van der Waals surface area contributed by atoms with Crippen molar-refractivity contribution in [1.82, 2.24) is 15.0 Å². The van der Waals surface area contributed by atoms with Gasteiger partial charge in [0.05, 0.1) is 25.4 Å². The Kier molecular flexibility index (Phi) is 4.35. The molecule has 2 unspecified atom stereocenters. The molecule has 0 radical (unpaired) electrons. The minimum atomic E-state index is 0.145. The number of aromatic nitrogens is 3. The van der Waals surface area contributed by atoms with Crippen molar-refractivity contribution in [3.63, 3.8) is 0 Å². The lowest BCUT2D eigenvalue weighted by molar-refractivity contribution is 0.0994. The first-order valence-electron chi connectivity index (χ1n) is 7.45. The molecule has 0 amide bonds. The maximum atomic E-state index is 5.80. The van der Waals surface area contributed by atoms with Crippen LogP contribution in [0.1, 0.15) is 19.8 Å². The zero-order chi connectivity index (χ0) is 14.7. The summed E-state index contributed by atoms with van der Waals surface area (Å²) in [5, 5.41) is 3.28. The van der Waals surface area contributed by atoms with Crippen LogP contribution in [0.15, 0.2) is 0 Å². The second-order valence-corrected chi connectivity index (χ2v) is 5.40. The van der Waals surface area contributed by atoms with E-state index in [0.717, 1.165) is 32.5 Å². The van der Waals surface area contributed by atoms with E-state index in [9.17, 15) is 0 Å². The normalized spacial score (nSPS) is 24.0. The molecule has 0 saturated carbocycles. The summed E-state index contributed by atoms with van der Waals surface area (Å²) in [6.07, 6.45) is 2.37. The number of ether oxygens (including phenoxy) is 2. The highest BCUT2D eigenvalue weighted by Crippen LogP contribution is 2.19. The van der Waals surface area contributed by atoms with Gasteiger partial charge >= 0.3 is 0 Å². The van der Waals surface area contributed by atoms with E-state index in [1.54, 1.807) is 0 Å². The Morgan fingerprint density at radius 3 is 2.76 bits per heavy atom. The summed E-state index contributed by atoms with van der Waals surface area (Å²) in [6.45, 7) is 5.80. The lowest BCUT2D eigenvalue weighted by atomic mass is 10.1. The molecule has 3 rings (SSSR count). The van der Waals surface area contributed by atoms with E-state index in [4.69, 9.17) is 15.2 Å². The van der Waals surface area contributed by atoms with E-state index < -0.39 is 0 Å². The molecule has 0 aromatic carbocycles. The fourth-order valence-electron chi connectivity index (χ4n) is 2.64. The van der Waals surface area contributed by atoms with E-state index in [1.807, 2.05) is 0 Å². The van der Waals surface area contributed by atoms with Crippen LogP contribution in [0.4, 0.5) is 17.8 Å². The zero-order valence-corrected chi connectivity index (χ0v) is 12.3. The molecule has 2 aliphatic heterocycles. The molecule has 2 aliphatic rings. The van der Waals surface area contributed by atoms with Crippen molar-refractivity contribution < 1.29 is 9.47 Å². The summed E-state index contributed by atoms with van der Waals surface area (Å²) >= 11 is 0. The number of anilines is 3. The van der Waals surface area contributed by atoms with Crippen LogP contribution in [-0.2, 0) is 9.47 Å². The molecule has 3 N–H and O–H groups in total. The zero-order valence-electron chi connectivity index (χ0n) is 12.3. The van der Waals surface area contributed by atoms with E-state index >= 15 is 0 Å². The molecule has 8 nitrogen and oxygen atoms in total. The van der Waals surface area contributed by atoms with Gasteiger partial charge in [0, 0.05) is 19.7 Å². The van der Waals surface area contributed by atoms with Gasteiger partial charge in [0.1, 0.15) is 0 Å². The molecule has 1 aromatic rings. The van der Waals surface area contributed by atoms with Gasteiger partial charge in [-0.3, -0.25) is 0 Å². The molecule has 2 atom stereocenters. The van der Waals surface area contributed by atoms with Gasteiger partial charge in [0.15, 0.2) is 0 Å². The highest BCUT2D eigenvalue weighted by molar-refractivity contribution is 5.42. The van der Waals surface area contributed by atoms with Crippen molar-refractivity contribution in [3.8, 4) is 0 Å². The Morgan fingerprint density at radius 2 is 2.05 bits per heavy atom. The largest absolute Gasteiger partial charge is 0.378 e. The summed E-state index contributed by atoms with van der Waals surface area (Å²) < 4.78 is 11.0. The molecule has 0 aliphatic carbocycles. The first-order valence-corrected chi connectivity index (χ1v) is 7.45. The number of nitrogens with two attached hydrogens (primary N) is 1. The third-order valence-corrected chi connectivity index (χ3v) is 3.81. The highest BCUT2D eigenvalue weighted by Gasteiger charge is 2.23.